The SMILES string of the molecule is Cc1cc(Cn2ccnc2)c(O)c(Cn2ccnc2)c1.O=C(O)c1ccc(C(=O)O)cc1. The number of aryl methyl sites for hydroxylation is 1. The molecule has 2 aromatic heterocycles. The van der Waals surface area contributed by atoms with Crippen molar-refractivity contribution in [3.63, 3.8) is 0 Å². The van der Waals surface area contributed by atoms with Crippen LogP contribution in [0.4, 0.5) is 0 Å². The number of nitrogens with zero attached hydrogens (tertiary/aromatic N) is 4. The first-order valence-electron chi connectivity index (χ1n) is 9.63. The van der Waals surface area contributed by atoms with Crippen LogP contribution in [0.2, 0.25) is 0 Å². The first kappa shape index (κ1) is 22.3. The second-order valence-corrected chi connectivity index (χ2v) is 7.09. The zero-order chi connectivity index (χ0) is 23.1. The summed E-state index contributed by atoms with van der Waals surface area (Å²) in [6.45, 7) is 3.27. The quantitative estimate of drug-likeness (QED) is 0.424. The molecule has 4 aromatic rings. The number of aromatic hydroxyl groups is 1. The Hall–Kier alpha value is -4.40. The molecule has 0 aliphatic rings. The third-order valence-electron chi connectivity index (χ3n) is 4.62. The van der Waals surface area contributed by atoms with Crippen LogP contribution >= 0.6 is 0 Å². The molecule has 4 rings (SSSR count). The van der Waals surface area contributed by atoms with E-state index in [1.54, 1.807) is 25.0 Å². The highest BCUT2D eigenvalue weighted by atomic mass is 16.4. The van der Waals surface area contributed by atoms with Gasteiger partial charge in [-0.25, -0.2) is 19.6 Å². The van der Waals surface area contributed by atoms with Crippen LogP contribution in [-0.4, -0.2) is 46.4 Å². The van der Waals surface area contributed by atoms with Gasteiger partial charge in [0, 0.05) is 35.9 Å². The van der Waals surface area contributed by atoms with Gasteiger partial charge in [-0.1, -0.05) is 17.7 Å². The van der Waals surface area contributed by atoms with E-state index in [0.29, 0.717) is 18.8 Å². The number of aromatic carboxylic acids is 2. The molecule has 0 aliphatic heterocycles. The number of phenols is 1. The molecule has 0 amide bonds. The molecule has 0 aliphatic carbocycles. The van der Waals surface area contributed by atoms with E-state index in [9.17, 15) is 14.7 Å². The van der Waals surface area contributed by atoms with Crippen molar-refractivity contribution in [1.82, 2.24) is 19.1 Å². The van der Waals surface area contributed by atoms with Crippen LogP contribution in [0.3, 0.4) is 0 Å². The lowest BCUT2D eigenvalue weighted by Gasteiger charge is -2.12. The third kappa shape index (κ3) is 5.82. The van der Waals surface area contributed by atoms with Crippen molar-refractivity contribution < 1.29 is 24.9 Å². The van der Waals surface area contributed by atoms with Crippen molar-refractivity contribution in [2.75, 3.05) is 0 Å². The van der Waals surface area contributed by atoms with Gasteiger partial charge in [-0.15, -0.1) is 0 Å². The molecule has 164 valence electrons. The maximum absolute atomic E-state index is 10.4. The Morgan fingerprint density at radius 1 is 0.812 bits per heavy atom. The molecule has 0 saturated carbocycles. The molecular formula is C23H22N4O5. The molecular weight excluding hydrogens is 412 g/mol. The van der Waals surface area contributed by atoms with Crippen molar-refractivity contribution >= 4 is 11.9 Å². The van der Waals surface area contributed by atoms with Crippen LogP contribution in [0.15, 0.2) is 73.8 Å². The molecule has 32 heavy (non-hydrogen) atoms. The molecule has 3 N–H and O–H groups in total. The maximum Gasteiger partial charge on any atom is 0.335 e. The number of carbonyl (C=O) groups is 2. The van der Waals surface area contributed by atoms with Crippen LogP contribution in [-0.2, 0) is 13.1 Å². The Morgan fingerprint density at radius 3 is 1.53 bits per heavy atom. The van der Waals surface area contributed by atoms with Gasteiger partial charge in [-0.3, -0.25) is 0 Å². The zero-order valence-corrected chi connectivity index (χ0v) is 17.3. The van der Waals surface area contributed by atoms with Crippen molar-refractivity contribution in [2.24, 2.45) is 0 Å². The number of benzene rings is 2. The van der Waals surface area contributed by atoms with Gasteiger partial charge in [0.2, 0.25) is 0 Å². The summed E-state index contributed by atoms with van der Waals surface area (Å²) in [7, 11) is 0. The summed E-state index contributed by atoms with van der Waals surface area (Å²) in [6, 6.07) is 9.04. The summed E-state index contributed by atoms with van der Waals surface area (Å²) < 4.78 is 3.88. The van der Waals surface area contributed by atoms with E-state index < -0.39 is 11.9 Å². The number of imidazole rings is 2. The third-order valence-corrected chi connectivity index (χ3v) is 4.62. The minimum Gasteiger partial charge on any atom is -0.507 e. The second-order valence-electron chi connectivity index (χ2n) is 7.09. The van der Waals surface area contributed by atoms with Crippen molar-refractivity contribution in [2.45, 2.75) is 20.0 Å². The van der Waals surface area contributed by atoms with E-state index in [2.05, 4.69) is 9.97 Å². The Kier molecular flexibility index (Phi) is 7.02. The topological polar surface area (TPSA) is 130 Å². The van der Waals surface area contributed by atoms with Gasteiger partial charge >= 0.3 is 11.9 Å². The number of hydrogen-bond donors (Lipinski definition) is 3. The number of carboxylic acid groups (broad SMARTS) is 2. The highest BCUT2D eigenvalue weighted by Gasteiger charge is 2.10. The highest BCUT2D eigenvalue weighted by Crippen LogP contribution is 2.26. The van der Waals surface area contributed by atoms with Crippen LogP contribution in [0.5, 0.6) is 5.75 Å². The lowest BCUT2D eigenvalue weighted by Crippen LogP contribution is -2.02. The van der Waals surface area contributed by atoms with Gasteiger partial charge in [0.25, 0.3) is 0 Å². The van der Waals surface area contributed by atoms with Gasteiger partial charge in [-0.2, -0.15) is 0 Å². The predicted octanol–water partition coefficient (Wildman–Crippen LogP) is 3.27. The van der Waals surface area contributed by atoms with E-state index in [4.69, 9.17) is 10.2 Å². The fraction of sp³-hybridized carbons (Fsp3) is 0.130. The molecule has 0 bridgehead atoms. The lowest BCUT2D eigenvalue weighted by molar-refractivity contribution is 0.0681. The van der Waals surface area contributed by atoms with E-state index in [1.807, 2.05) is 40.6 Å². The fourth-order valence-corrected chi connectivity index (χ4v) is 3.08. The molecule has 0 saturated heterocycles. The Morgan fingerprint density at radius 2 is 1.22 bits per heavy atom. The Bertz CT molecular complexity index is 1090. The maximum atomic E-state index is 10.4. The molecule has 0 spiro atoms. The smallest absolute Gasteiger partial charge is 0.335 e. The summed E-state index contributed by atoms with van der Waals surface area (Å²) in [5, 5.41) is 27.4. The first-order chi connectivity index (χ1) is 15.3. The molecule has 9 heteroatoms. The molecule has 0 atom stereocenters. The second kappa shape index (κ2) is 10.1. The predicted molar refractivity (Wildman–Crippen MR) is 116 cm³/mol. The van der Waals surface area contributed by atoms with Crippen LogP contribution < -0.4 is 0 Å². The van der Waals surface area contributed by atoms with E-state index in [-0.39, 0.29) is 11.1 Å². The Balaban J connectivity index is 0.000000207. The molecule has 2 heterocycles. The van der Waals surface area contributed by atoms with Gasteiger partial charge < -0.3 is 24.5 Å². The van der Waals surface area contributed by atoms with Crippen molar-refractivity contribution in [3.8, 4) is 5.75 Å². The monoisotopic (exact) mass is 434 g/mol. The van der Waals surface area contributed by atoms with Crippen molar-refractivity contribution in [3.05, 3.63) is 102 Å². The summed E-state index contributed by atoms with van der Waals surface area (Å²) in [4.78, 5) is 28.7. The van der Waals surface area contributed by atoms with Gasteiger partial charge in [0.15, 0.2) is 0 Å². The first-order valence-corrected chi connectivity index (χ1v) is 9.63. The summed E-state index contributed by atoms with van der Waals surface area (Å²) in [5.41, 5.74) is 3.10. The van der Waals surface area contributed by atoms with E-state index in [1.165, 1.54) is 24.3 Å². The molecule has 9 nitrogen and oxygen atoms in total. The van der Waals surface area contributed by atoms with E-state index in [0.717, 1.165) is 16.7 Å². The standard InChI is InChI=1S/C15H16N4O.C8H6O4/c1-12-6-13(8-18-4-2-16-10-18)15(20)14(7-12)9-19-5-3-17-11-19;9-7(10)5-1-2-6(4-3-5)8(11)12/h2-7,10-11,20H,8-9H2,1H3;1-4H,(H,9,10)(H,11,12). The largest absolute Gasteiger partial charge is 0.507 e. The number of carboxylic acids is 2. The van der Waals surface area contributed by atoms with Crippen LogP contribution in [0.1, 0.15) is 37.4 Å². The zero-order valence-electron chi connectivity index (χ0n) is 17.3. The highest BCUT2D eigenvalue weighted by molar-refractivity contribution is 5.91. The van der Waals surface area contributed by atoms with Gasteiger partial charge in [-0.05, 0) is 31.2 Å². The number of rotatable bonds is 6. The fourth-order valence-electron chi connectivity index (χ4n) is 3.08. The summed E-state index contributed by atoms with van der Waals surface area (Å²) in [6.07, 6.45) is 10.7. The summed E-state index contributed by atoms with van der Waals surface area (Å²) in [5.74, 6) is -1.78. The van der Waals surface area contributed by atoms with Gasteiger partial charge in [0.1, 0.15) is 5.75 Å². The minimum absolute atomic E-state index is 0.0833. The number of phenolic OH excluding ortho intramolecular Hbond substituents is 1. The number of aromatic nitrogens is 4. The lowest BCUT2D eigenvalue weighted by atomic mass is 10.0. The van der Waals surface area contributed by atoms with E-state index >= 15 is 0 Å². The van der Waals surface area contributed by atoms with Crippen LogP contribution in [0.25, 0.3) is 0 Å². The van der Waals surface area contributed by atoms with Crippen molar-refractivity contribution in [1.29, 1.82) is 0 Å². The minimum atomic E-state index is -1.06. The van der Waals surface area contributed by atoms with Crippen LogP contribution in [0, 0.1) is 6.92 Å². The summed E-state index contributed by atoms with van der Waals surface area (Å²) >= 11 is 0. The van der Waals surface area contributed by atoms with Gasteiger partial charge in [0.05, 0.1) is 36.9 Å². The average Bonchev–Trinajstić information content (AvgIpc) is 3.46. The molecule has 0 fully saturated rings. The molecule has 0 radical (unpaired) electrons. The Labute approximate surface area is 183 Å². The average molecular weight is 434 g/mol. The number of hydrogen-bond acceptors (Lipinski definition) is 5. The normalized spacial score (nSPS) is 10.3. The molecule has 2 aromatic carbocycles. The molecule has 0 unspecified atom stereocenters.